The van der Waals surface area contributed by atoms with Crippen LogP contribution in [0.1, 0.15) is 44.2 Å². The lowest BCUT2D eigenvalue weighted by Gasteiger charge is -2.17. The number of nitrogens with two attached hydrogens (primary N) is 1. The van der Waals surface area contributed by atoms with Gasteiger partial charge in [0, 0.05) is 16.1 Å². The third-order valence-corrected chi connectivity index (χ3v) is 5.26. The molecular weight excluding hydrogens is 302 g/mol. The molecule has 2 saturated carbocycles. The molecule has 0 amide bonds. The van der Waals surface area contributed by atoms with Gasteiger partial charge in [-0.25, -0.2) is 0 Å². The Morgan fingerprint density at radius 1 is 1.32 bits per heavy atom. The number of hydrogen-bond acceptors (Lipinski definition) is 2. The number of fused-ring (bicyclic) bond motifs is 1. The van der Waals surface area contributed by atoms with Gasteiger partial charge in [-0.1, -0.05) is 28.8 Å². The Labute approximate surface area is 123 Å². The van der Waals surface area contributed by atoms with Gasteiger partial charge in [0.15, 0.2) is 0 Å². The topological polar surface area (TPSA) is 35.2 Å². The zero-order chi connectivity index (χ0) is 13.4. The first kappa shape index (κ1) is 13.4. The van der Waals surface area contributed by atoms with Gasteiger partial charge in [-0.15, -0.1) is 0 Å². The van der Waals surface area contributed by atoms with Crippen molar-refractivity contribution in [3.8, 4) is 5.75 Å². The molecule has 2 nitrogen and oxygen atoms in total. The average Bonchev–Trinajstić information content (AvgIpc) is 3.14. The van der Waals surface area contributed by atoms with Crippen LogP contribution in [0.2, 0.25) is 0 Å². The van der Waals surface area contributed by atoms with Gasteiger partial charge < -0.3 is 10.5 Å². The maximum atomic E-state index is 6.56. The molecule has 3 heteroatoms. The molecule has 1 aromatic rings. The summed E-state index contributed by atoms with van der Waals surface area (Å²) < 4.78 is 6.83. The average molecular weight is 324 g/mol. The Balaban J connectivity index is 1.82. The fourth-order valence-corrected chi connectivity index (χ4v) is 4.23. The van der Waals surface area contributed by atoms with Crippen molar-refractivity contribution in [1.29, 1.82) is 0 Å². The number of benzene rings is 1. The largest absolute Gasteiger partial charge is 0.494 e. The molecule has 3 unspecified atom stereocenters. The quantitative estimate of drug-likeness (QED) is 0.897. The van der Waals surface area contributed by atoms with E-state index in [-0.39, 0.29) is 6.04 Å². The first-order chi connectivity index (χ1) is 9.22. The monoisotopic (exact) mass is 323 g/mol. The molecule has 19 heavy (non-hydrogen) atoms. The maximum Gasteiger partial charge on any atom is 0.124 e. The maximum absolute atomic E-state index is 6.56. The molecule has 0 aliphatic heterocycles. The molecule has 0 bridgehead atoms. The van der Waals surface area contributed by atoms with E-state index < -0.39 is 0 Å². The second kappa shape index (κ2) is 5.45. The minimum Gasteiger partial charge on any atom is -0.494 e. The van der Waals surface area contributed by atoms with E-state index in [1.54, 1.807) is 0 Å². The van der Waals surface area contributed by atoms with Crippen molar-refractivity contribution in [3.05, 3.63) is 28.2 Å². The van der Waals surface area contributed by atoms with Gasteiger partial charge in [0.2, 0.25) is 0 Å². The van der Waals surface area contributed by atoms with E-state index in [2.05, 4.69) is 22.0 Å². The minimum absolute atomic E-state index is 0.132. The summed E-state index contributed by atoms with van der Waals surface area (Å²) in [7, 11) is 0. The lowest BCUT2D eigenvalue weighted by atomic mass is 10.00. The lowest BCUT2D eigenvalue weighted by Crippen LogP contribution is -2.16. The molecule has 2 N–H and O–H groups in total. The molecule has 0 aromatic heterocycles. The van der Waals surface area contributed by atoms with Gasteiger partial charge in [0.05, 0.1) is 6.61 Å². The van der Waals surface area contributed by atoms with E-state index >= 15 is 0 Å². The van der Waals surface area contributed by atoms with Crippen molar-refractivity contribution in [2.75, 3.05) is 6.61 Å². The van der Waals surface area contributed by atoms with E-state index in [1.807, 2.05) is 19.1 Å². The third-order valence-electron chi connectivity index (χ3n) is 4.77. The normalized spacial score (nSPS) is 30.6. The molecule has 0 spiro atoms. The summed E-state index contributed by atoms with van der Waals surface area (Å²) in [6.07, 6.45) is 5.53. The Morgan fingerprint density at radius 3 is 2.63 bits per heavy atom. The molecule has 2 fully saturated rings. The fraction of sp³-hybridized carbons (Fsp3) is 0.625. The van der Waals surface area contributed by atoms with Crippen LogP contribution in [-0.4, -0.2) is 6.61 Å². The Bertz CT molecular complexity index is 450. The van der Waals surface area contributed by atoms with Gasteiger partial charge >= 0.3 is 0 Å². The number of halogens is 1. The van der Waals surface area contributed by atoms with E-state index in [1.165, 1.54) is 31.2 Å². The molecular formula is C16H22BrNO. The van der Waals surface area contributed by atoms with Gasteiger partial charge in [0.1, 0.15) is 5.75 Å². The van der Waals surface area contributed by atoms with Crippen molar-refractivity contribution in [2.24, 2.45) is 23.5 Å². The number of ether oxygens (including phenoxy) is 1. The number of hydrogen-bond donors (Lipinski definition) is 1. The summed E-state index contributed by atoms with van der Waals surface area (Å²) in [5.74, 6) is 3.38. The van der Waals surface area contributed by atoms with Crippen LogP contribution >= 0.6 is 15.9 Å². The van der Waals surface area contributed by atoms with Crippen molar-refractivity contribution in [2.45, 2.75) is 38.6 Å². The Hall–Kier alpha value is -0.540. The van der Waals surface area contributed by atoms with E-state index in [0.29, 0.717) is 12.5 Å². The van der Waals surface area contributed by atoms with Crippen molar-refractivity contribution in [1.82, 2.24) is 0 Å². The SMILES string of the molecule is CCOc1ccc(Br)cc1C(N)C1C2CCCCC21. The van der Waals surface area contributed by atoms with Crippen LogP contribution in [-0.2, 0) is 0 Å². The smallest absolute Gasteiger partial charge is 0.124 e. The van der Waals surface area contributed by atoms with Crippen LogP contribution in [0.5, 0.6) is 5.75 Å². The highest BCUT2D eigenvalue weighted by molar-refractivity contribution is 9.10. The highest BCUT2D eigenvalue weighted by Gasteiger charge is 2.53. The zero-order valence-electron chi connectivity index (χ0n) is 11.4. The van der Waals surface area contributed by atoms with Gasteiger partial charge in [-0.2, -0.15) is 0 Å². The molecule has 3 rings (SSSR count). The van der Waals surface area contributed by atoms with Crippen molar-refractivity contribution >= 4 is 15.9 Å². The van der Waals surface area contributed by atoms with Crippen LogP contribution in [0, 0.1) is 17.8 Å². The van der Waals surface area contributed by atoms with Crippen LogP contribution in [0.15, 0.2) is 22.7 Å². The first-order valence-corrected chi connectivity index (χ1v) is 8.19. The molecule has 1 aromatic carbocycles. The summed E-state index contributed by atoms with van der Waals surface area (Å²) in [6.45, 7) is 2.72. The van der Waals surface area contributed by atoms with Gasteiger partial charge in [-0.3, -0.25) is 0 Å². The highest BCUT2D eigenvalue weighted by Crippen LogP contribution is 2.60. The molecule has 0 heterocycles. The molecule has 2 aliphatic carbocycles. The second-order valence-corrected chi connectivity index (χ2v) is 6.75. The molecule has 3 atom stereocenters. The minimum atomic E-state index is 0.132. The summed E-state index contributed by atoms with van der Waals surface area (Å²) in [6, 6.07) is 6.34. The van der Waals surface area contributed by atoms with E-state index in [0.717, 1.165) is 22.1 Å². The van der Waals surface area contributed by atoms with Crippen molar-refractivity contribution < 1.29 is 4.74 Å². The van der Waals surface area contributed by atoms with Crippen LogP contribution in [0.4, 0.5) is 0 Å². The molecule has 104 valence electrons. The Kier molecular flexibility index (Phi) is 3.86. The summed E-state index contributed by atoms with van der Waals surface area (Å²) in [5.41, 5.74) is 7.74. The van der Waals surface area contributed by atoms with Crippen molar-refractivity contribution in [3.63, 3.8) is 0 Å². The standard InChI is InChI=1S/C16H22BrNO/c1-2-19-14-8-7-10(17)9-13(14)16(18)15-11-5-3-4-6-12(11)15/h7-9,11-12,15-16H,2-6,18H2,1H3. The van der Waals surface area contributed by atoms with E-state index in [9.17, 15) is 0 Å². The van der Waals surface area contributed by atoms with Crippen LogP contribution < -0.4 is 10.5 Å². The van der Waals surface area contributed by atoms with Gasteiger partial charge in [0.25, 0.3) is 0 Å². The molecule has 0 saturated heterocycles. The zero-order valence-corrected chi connectivity index (χ0v) is 13.0. The first-order valence-electron chi connectivity index (χ1n) is 7.40. The highest BCUT2D eigenvalue weighted by atomic mass is 79.9. The summed E-state index contributed by atoms with van der Waals surface area (Å²) in [4.78, 5) is 0. The molecule has 2 aliphatic rings. The fourth-order valence-electron chi connectivity index (χ4n) is 3.85. The van der Waals surface area contributed by atoms with Gasteiger partial charge in [-0.05, 0) is 55.7 Å². The second-order valence-electron chi connectivity index (χ2n) is 5.83. The molecule has 0 radical (unpaired) electrons. The summed E-state index contributed by atoms with van der Waals surface area (Å²) in [5, 5.41) is 0. The predicted octanol–water partition coefficient (Wildman–Crippen LogP) is 4.28. The van der Waals surface area contributed by atoms with Crippen LogP contribution in [0.3, 0.4) is 0 Å². The Morgan fingerprint density at radius 2 is 2.00 bits per heavy atom. The summed E-state index contributed by atoms with van der Waals surface area (Å²) >= 11 is 3.55. The predicted molar refractivity (Wildman–Crippen MR) is 81.2 cm³/mol. The lowest BCUT2D eigenvalue weighted by molar-refractivity contribution is 0.331. The van der Waals surface area contributed by atoms with Crippen LogP contribution in [0.25, 0.3) is 0 Å². The number of rotatable bonds is 4. The van der Waals surface area contributed by atoms with E-state index in [4.69, 9.17) is 10.5 Å². The third kappa shape index (κ3) is 2.55.